The maximum absolute atomic E-state index is 13.8. The molecule has 1 aromatic carbocycles. The third-order valence-corrected chi connectivity index (χ3v) is 10.9. The van der Waals surface area contributed by atoms with Crippen molar-refractivity contribution >= 4 is 44.6 Å². The van der Waals surface area contributed by atoms with Crippen LogP contribution in [-0.2, 0) is 46.3 Å². The summed E-state index contributed by atoms with van der Waals surface area (Å²) in [7, 11) is -0.418. The Bertz CT molecular complexity index is 1610. The molecule has 206 valence electrons. The van der Waals surface area contributed by atoms with Gasteiger partial charge in [-0.25, -0.2) is 17.9 Å². The minimum absolute atomic E-state index is 0.0549. The molecule has 2 aliphatic heterocycles. The number of benzene rings is 1. The number of hydrogen-bond acceptors (Lipinski definition) is 7. The van der Waals surface area contributed by atoms with Gasteiger partial charge in [-0.15, -0.1) is 0 Å². The second-order valence-corrected chi connectivity index (χ2v) is 13.8. The van der Waals surface area contributed by atoms with E-state index in [1.807, 2.05) is 31.2 Å². The van der Waals surface area contributed by atoms with E-state index in [1.54, 1.807) is 36.1 Å². The van der Waals surface area contributed by atoms with E-state index in [0.717, 1.165) is 46.8 Å². The fraction of sp³-hybridized carbons (Fsp3) is 0.423. The fourth-order valence-electron chi connectivity index (χ4n) is 5.08. The largest absolute Gasteiger partial charge is 0.378 e. The minimum atomic E-state index is -3.82. The third-order valence-electron chi connectivity index (χ3n) is 7.33. The standard InChI is InChI=1S/C26H30N6O5S2/c1-26(6-7-26)29-39(35,36)22-10-20-23(33)31(14-17-11-27-30(2)12-17)25(34)32(24(20)38-22)13-16-4-5-21-18(8-16)9-19(28-21)15-37-3/h4-5,8-12,20,24,28-29H,6-7,13-15H2,1-3H3. The van der Waals surface area contributed by atoms with Crippen molar-refractivity contribution in [2.45, 2.75) is 50.4 Å². The smallest absolute Gasteiger partial charge is 0.328 e. The molecular formula is C26H30N6O5S2. The SMILES string of the molecule is COCc1cc2cc(CN3C(=O)N(Cc4cnn(C)c4)C(=O)C4C=C(S(=O)(=O)NC5(C)CC5)SC43)ccc2[nH]1. The van der Waals surface area contributed by atoms with Crippen LogP contribution in [0.4, 0.5) is 4.79 Å². The predicted octanol–water partition coefficient (Wildman–Crippen LogP) is 3.01. The Balaban J connectivity index is 1.32. The maximum Gasteiger partial charge on any atom is 0.328 e. The number of methoxy groups -OCH3 is 1. The molecule has 39 heavy (non-hydrogen) atoms. The fourth-order valence-corrected chi connectivity index (χ4v) is 8.38. The number of sulfonamides is 1. The number of imide groups is 1. The summed E-state index contributed by atoms with van der Waals surface area (Å²) in [4.78, 5) is 33.5. The van der Waals surface area contributed by atoms with Gasteiger partial charge in [0.05, 0.1) is 25.3 Å². The maximum atomic E-state index is 13.8. The van der Waals surface area contributed by atoms with E-state index in [2.05, 4.69) is 14.8 Å². The van der Waals surface area contributed by atoms with Crippen LogP contribution in [0, 0.1) is 5.92 Å². The van der Waals surface area contributed by atoms with Crippen molar-refractivity contribution in [2.75, 3.05) is 7.11 Å². The summed E-state index contributed by atoms with van der Waals surface area (Å²) in [5.74, 6) is -1.20. The summed E-state index contributed by atoms with van der Waals surface area (Å²) in [5.41, 5.74) is 3.02. The molecule has 3 aliphatic rings. The number of H-pyrrole nitrogens is 1. The molecule has 3 amide bonds. The van der Waals surface area contributed by atoms with Crippen LogP contribution in [0.25, 0.3) is 10.9 Å². The number of amides is 3. The molecule has 11 nitrogen and oxygen atoms in total. The number of nitrogens with one attached hydrogen (secondary N) is 2. The average molecular weight is 571 g/mol. The van der Waals surface area contributed by atoms with Gasteiger partial charge in [-0.2, -0.15) is 5.10 Å². The quantitative estimate of drug-likeness (QED) is 0.405. The Morgan fingerprint density at radius 3 is 2.69 bits per heavy atom. The summed E-state index contributed by atoms with van der Waals surface area (Å²) < 4.78 is 36.1. The number of thioether (sulfide) groups is 1. The molecule has 4 heterocycles. The highest BCUT2D eigenvalue weighted by Crippen LogP contribution is 2.46. The number of nitrogens with zero attached hydrogens (tertiary/aromatic N) is 4. The van der Waals surface area contributed by atoms with Crippen LogP contribution in [0.1, 0.15) is 36.6 Å². The molecule has 0 spiro atoms. The Hall–Kier alpha value is -3.13. The molecule has 3 aromatic rings. The zero-order valence-corrected chi connectivity index (χ0v) is 23.5. The molecule has 2 N–H and O–H groups in total. The number of urea groups is 1. The molecule has 2 atom stereocenters. The minimum Gasteiger partial charge on any atom is -0.378 e. The predicted molar refractivity (Wildman–Crippen MR) is 146 cm³/mol. The number of fused-ring (bicyclic) bond motifs is 2. The van der Waals surface area contributed by atoms with Crippen LogP contribution in [0.5, 0.6) is 0 Å². The summed E-state index contributed by atoms with van der Waals surface area (Å²) in [6, 6.07) is 7.42. The molecule has 6 rings (SSSR count). The summed E-state index contributed by atoms with van der Waals surface area (Å²) in [6.07, 6.45) is 6.42. The number of ether oxygens (including phenoxy) is 1. The van der Waals surface area contributed by atoms with Crippen molar-refractivity contribution in [2.24, 2.45) is 13.0 Å². The Morgan fingerprint density at radius 2 is 2.00 bits per heavy atom. The zero-order chi connectivity index (χ0) is 27.5. The van der Waals surface area contributed by atoms with Crippen LogP contribution < -0.4 is 4.72 Å². The van der Waals surface area contributed by atoms with Crippen LogP contribution in [0.3, 0.4) is 0 Å². The summed E-state index contributed by atoms with van der Waals surface area (Å²) in [5, 5.41) is 4.46. The van der Waals surface area contributed by atoms with Gasteiger partial charge in [0.1, 0.15) is 9.61 Å². The number of aromatic amines is 1. The highest BCUT2D eigenvalue weighted by atomic mass is 32.3. The molecule has 13 heteroatoms. The van der Waals surface area contributed by atoms with Crippen molar-refractivity contribution in [1.29, 1.82) is 0 Å². The highest BCUT2D eigenvalue weighted by Gasteiger charge is 2.52. The first-order valence-corrected chi connectivity index (χ1v) is 15.0. The van der Waals surface area contributed by atoms with Crippen LogP contribution in [0.2, 0.25) is 0 Å². The highest BCUT2D eigenvalue weighted by molar-refractivity contribution is 8.18. The van der Waals surface area contributed by atoms with E-state index >= 15 is 0 Å². The first kappa shape index (κ1) is 26.1. The lowest BCUT2D eigenvalue weighted by atomic mass is 10.0. The van der Waals surface area contributed by atoms with Crippen LogP contribution in [0.15, 0.2) is 47.0 Å². The van der Waals surface area contributed by atoms with Crippen molar-refractivity contribution in [3.8, 4) is 0 Å². The van der Waals surface area contributed by atoms with Gasteiger partial charge in [-0.05, 0) is 49.6 Å². The van der Waals surface area contributed by atoms with E-state index in [9.17, 15) is 18.0 Å². The molecule has 2 aromatic heterocycles. The monoisotopic (exact) mass is 570 g/mol. The molecule has 2 unspecified atom stereocenters. The van der Waals surface area contributed by atoms with Crippen LogP contribution >= 0.6 is 11.8 Å². The van der Waals surface area contributed by atoms with Gasteiger partial charge in [-0.1, -0.05) is 17.8 Å². The van der Waals surface area contributed by atoms with Gasteiger partial charge in [0.15, 0.2) is 0 Å². The van der Waals surface area contributed by atoms with E-state index in [4.69, 9.17) is 4.74 Å². The van der Waals surface area contributed by atoms with Crippen molar-refractivity contribution in [3.05, 3.63) is 63.8 Å². The van der Waals surface area contributed by atoms with Gasteiger partial charge < -0.3 is 14.6 Å². The summed E-state index contributed by atoms with van der Waals surface area (Å²) >= 11 is 1.06. The van der Waals surface area contributed by atoms with Crippen molar-refractivity contribution in [1.82, 2.24) is 29.3 Å². The first-order valence-electron chi connectivity index (χ1n) is 12.7. The van der Waals surface area contributed by atoms with Crippen LogP contribution in [-0.4, -0.2) is 62.9 Å². The van der Waals surface area contributed by atoms with Gasteiger partial charge in [0.2, 0.25) is 15.9 Å². The molecule has 1 saturated carbocycles. The number of aromatic nitrogens is 3. The number of carbonyl (C=O) groups excluding carboxylic acids is 2. The molecule has 1 aliphatic carbocycles. The Morgan fingerprint density at radius 1 is 1.21 bits per heavy atom. The van der Waals surface area contributed by atoms with E-state index < -0.39 is 38.8 Å². The van der Waals surface area contributed by atoms with Gasteiger partial charge in [0, 0.05) is 54.6 Å². The number of carbonyl (C=O) groups is 2. The third kappa shape index (κ3) is 4.99. The lowest BCUT2D eigenvalue weighted by molar-refractivity contribution is -0.135. The van der Waals surface area contributed by atoms with Crippen molar-refractivity contribution in [3.63, 3.8) is 0 Å². The molecule has 0 bridgehead atoms. The Labute approximate surface area is 230 Å². The topological polar surface area (TPSA) is 130 Å². The lowest BCUT2D eigenvalue weighted by Gasteiger charge is -2.41. The first-order chi connectivity index (χ1) is 18.5. The van der Waals surface area contributed by atoms with E-state index in [1.165, 1.54) is 11.0 Å². The van der Waals surface area contributed by atoms with E-state index in [0.29, 0.717) is 12.2 Å². The number of rotatable bonds is 9. The second kappa shape index (κ2) is 9.51. The molecular weight excluding hydrogens is 540 g/mol. The molecule has 1 saturated heterocycles. The van der Waals surface area contributed by atoms with E-state index in [-0.39, 0.29) is 17.3 Å². The zero-order valence-electron chi connectivity index (χ0n) is 21.9. The Kier molecular flexibility index (Phi) is 6.36. The van der Waals surface area contributed by atoms with Gasteiger partial charge in [-0.3, -0.25) is 14.4 Å². The number of aryl methyl sites for hydroxylation is 1. The van der Waals surface area contributed by atoms with Gasteiger partial charge in [0.25, 0.3) is 0 Å². The normalized spacial score (nSPS) is 22.5. The van der Waals surface area contributed by atoms with Gasteiger partial charge >= 0.3 is 6.03 Å². The van der Waals surface area contributed by atoms with Crippen molar-refractivity contribution < 1.29 is 22.7 Å². The summed E-state index contributed by atoms with van der Waals surface area (Å²) in [6.45, 7) is 2.59. The second-order valence-electron chi connectivity index (χ2n) is 10.7. The number of hydrogen-bond donors (Lipinski definition) is 2. The molecule has 0 radical (unpaired) electrons. The lowest BCUT2D eigenvalue weighted by Crippen LogP contribution is -2.58. The molecule has 2 fully saturated rings. The average Bonchev–Trinajstić information content (AvgIpc) is 3.26.